The van der Waals surface area contributed by atoms with Gasteiger partial charge in [-0.2, -0.15) is 0 Å². The van der Waals surface area contributed by atoms with Crippen molar-refractivity contribution in [2.45, 2.75) is 59.0 Å². The fourth-order valence-electron chi connectivity index (χ4n) is 3.13. The summed E-state index contributed by atoms with van der Waals surface area (Å²) in [6.45, 7) is 7.23. The maximum Gasteiger partial charge on any atom is 0.238 e. The first-order valence-corrected chi connectivity index (χ1v) is 8.07. The van der Waals surface area contributed by atoms with Crippen LogP contribution in [0.3, 0.4) is 0 Å². The van der Waals surface area contributed by atoms with Gasteiger partial charge in [-0.3, -0.25) is 9.59 Å². The Morgan fingerprint density at radius 1 is 1.05 bits per heavy atom. The molecule has 1 fully saturated rings. The summed E-state index contributed by atoms with van der Waals surface area (Å²) in [5, 5.41) is 19.5. The molecule has 0 aromatic rings. The van der Waals surface area contributed by atoms with Crippen molar-refractivity contribution in [2.24, 2.45) is 23.0 Å². The van der Waals surface area contributed by atoms with Gasteiger partial charge < -0.3 is 20.8 Å². The number of rotatable bonds is 8. The lowest BCUT2D eigenvalue weighted by atomic mass is 9.66. The molecule has 0 unspecified atom stereocenters. The summed E-state index contributed by atoms with van der Waals surface area (Å²) in [5.41, 5.74) is 4.33. The summed E-state index contributed by atoms with van der Waals surface area (Å²) in [5.74, 6) is -0.931. The van der Waals surface area contributed by atoms with E-state index in [9.17, 15) is 19.8 Å². The number of carbonyl (C=O) groups is 2. The third-order valence-electron chi connectivity index (χ3n) is 4.95. The fraction of sp³-hybridized carbons (Fsp3) is 0.875. The van der Waals surface area contributed by atoms with Crippen LogP contribution in [0.25, 0.3) is 0 Å². The van der Waals surface area contributed by atoms with Crippen molar-refractivity contribution in [3.8, 4) is 0 Å². The molecule has 0 heterocycles. The predicted molar refractivity (Wildman–Crippen MR) is 83.7 cm³/mol. The molecule has 2 atom stereocenters. The number of aliphatic hydroxyl groups excluding tert-OH is 2. The second-order valence-corrected chi connectivity index (χ2v) is 7.00. The topological polar surface area (TPSA) is 104 Å². The number of hydrogen-bond acceptors (Lipinski definition) is 4. The molecule has 4 N–H and O–H groups in total. The Kier molecular flexibility index (Phi) is 6.38. The molecule has 0 aromatic heterocycles. The van der Waals surface area contributed by atoms with Crippen LogP contribution in [-0.4, -0.2) is 52.2 Å². The Morgan fingerprint density at radius 3 is 1.64 bits per heavy atom. The Hall–Kier alpha value is -1.14. The Bertz CT molecular complexity index is 389. The number of primary amides is 1. The van der Waals surface area contributed by atoms with Gasteiger partial charge >= 0.3 is 0 Å². The van der Waals surface area contributed by atoms with Crippen molar-refractivity contribution in [1.82, 2.24) is 4.90 Å². The van der Waals surface area contributed by atoms with E-state index >= 15 is 0 Å². The van der Waals surface area contributed by atoms with Crippen LogP contribution in [0.15, 0.2) is 0 Å². The van der Waals surface area contributed by atoms with Gasteiger partial charge in [0, 0.05) is 0 Å². The number of aliphatic hydroxyl groups is 2. The maximum atomic E-state index is 13.1. The quantitative estimate of drug-likeness (QED) is 0.568. The SMILES string of the molecule is CC(C)[C@H](CO)N(C(=O)C1(C(N)=O)CCC1)[C@@H](CO)C(C)C. The van der Waals surface area contributed by atoms with Crippen LogP contribution < -0.4 is 5.73 Å². The van der Waals surface area contributed by atoms with Gasteiger partial charge in [0.15, 0.2) is 0 Å². The van der Waals surface area contributed by atoms with Gasteiger partial charge in [0.25, 0.3) is 0 Å². The van der Waals surface area contributed by atoms with Crippen LogP contribution in [0, 0.1) is 17.3 Å². The molecule has 0 radical (unpaired) electrons. The molecule has 0 aromatic carbocycles. The molecular weight excluding hydrogens is 284 g/mol. The lowest BCUT2D eigenvalue weighted by Gasteiger charge is -2.47. The molecule has 6 heteroatoms. The Labute approximate surface area is 132 Å². The molecule has 0 spiro atoms. The van der Waals surface area contributed by atoms with E-state index in [4.69, 9.17) is 5.73 Å². The molecule has 1 rings (SSSR count). The average Bonchev–Trinajstić information content (AvgIpc) is 2.35. The zero-order valence-electron chi connectivity index (χ0n) is 14.1. The van der Waals surface area contributed by atoms with Gasteiger partial charge in [-0.05, 0) is 24.7 Å². The van der Waals surface area contributed by atoms with Crippen molar-refractivity contribution >= 4 is 11.8 Å². The number of nitrogens with two attached hydrogens (primary N) is 1. The Balaban J connectivity index is 3.24. The molecule has 22 heavy (non-hydrogen) atoms. The number of hydrogen-bond donors (Lipinski definition) is 3. The summed E-state index contributed by atoms with van der Waals surface area (Å²) in [6.07, 6.45) is 1.69. The highest BCUT2D eigenvalue weighted by Gasteiger charge is 2.53. The molecule has 0 bridgehead atoms. The molecule has 128 valence electrons. The highest BCUT2D eigenvalue weighted by atomic mass is 16.3. The lowest BCUT2D eigenvalue weighted by molar-refractivity contribution is -0.163. The highest BCUT2D eigenvalue weighted by molar-refractivity contribution is 6.05. The number of nitrogens with zero attached hydrogens (tertiary/aromatic N) is 1. The molecule has 2 amide bonds. The smallest absolute Gasteiger partial charge is 0.238 e. The highest BCUT2D eigenvalue weighted by Crippen LogP contribution is 2.43. The van der Waals surface area contributed by atoms with E-state index in [1.54, 1.807) is 0 Å². The number of amides is 2. The van der Waals surface area contributed by atoms with E-state index in [2.05, 4.69) is 0 Å². The van der Waals surface area contributed by atoms with Crippen molar-refractivity contribution in [2.75, 3.05) is 13.2 Å². The second kappa shape index (κ2) is 7.42. The predicted octanol–water partition coefficient (Wildman–Crippen LogP) is 0.504. The minimum absolute atomic E-state index is 0.00625. The van der Waals surface area contributed by atoms with E-state index in [1.807, 2.05) is 27.7 Å². The summed E-state index contributed by atoms with van der Waals surface area (Å²) in [7, 11) is 0. The monoisotopic (exact) mass is 314 g/mol. The number of carbonyl (C=O) groups excluding carboxylic acids is 2. The van der Waals surface area contributed by atoms with Crippen LogP contribution >= 0.6 is 0 Å². The fourth-order valence-corrected chi connectivity index (χ4v) is 3.13. The zero-order valence-corrected chi connectivity index (χ0v) is 14.1. The van der Waals surface area contributed by atoms with E-state index in [0.717, 1.165) is 6.42 Å². The van der Waals surface area contributed by atoms with Crippen LogP contribution in [0.1, 0.15) is 47.0 Å². The van der Waals surface area contributed by atoms with Crippen molar-refractivity contribution in [3.05, 3.63) is 0 Å². The first-order chi connectivity index (χ1) is 10.2. The van der Waals surface area contributed by atoms with Gasteiger partial charge in [-0.15, -0.1) is 0 Å². The normalized spacial score (nSPS) is 19.6. The molecule has 1 saturated carbocycles. The van der Waals surface area contributed by atoms with Crippen LogP contribution in [0.5, 0.6) is 0 Å². The lowest BCUT2D eigenvalue weighted by Crippen LogP contribution is -2.63. The Morgan fingerprint density at radius 2 is 1.45 bits per heavy atom. The third kappa shape index (κ3) is 3.27. The largest absolute Gasteiger partial charge is 0.394 e. The summed E-state index contributed by atoms with van der Waals surface area (Å²) < 4.78 is 0. The van der Waals surface area contributed by atoms with Crippen LogP contribution in [-0.2, 0) is 9.59 Å². The molecule has 1 aliphatic carbocycles. The first-order valence-electron chi connectivity index (χ1n) is 8.07. The molecule has 6 nitrogen and oxygen atoms in total. The molecule has 1 aliphatic rings. The molecule has 0 saturated heterocycles. The third-order valence-corrected chi connectivity index (χ3v) is 4.95. The first kappa shape index (κ1) is 18.9. The van der Waals surface area contributed by atoms with E-state index in [1.165, 1.54) is 4.90 Å². The van der Waals surface area contributed by atoms with Crippen LogP contribution in [0.2, 0.25) is 0 Å². The van der Waals surface area contributed by atoms with Gasteiger partial charge in [-0.1, -0.05) is 34.1 Å². The summed E-state index contributed by atoms with van der Waals surface area (Å²) in [4.78, 5) is 26.5. The van der Waals surface area contributed by atoms with Crippen molar-refractivity contribution in [1.29, 1.82) is 0 Å². The van der Waals surface area contributed by atoms with Crippen molar-refractivity contribution in [3.63, 3.8) is 0 Å². The van der Waals surface area contributed by atoms with E-state index in [0.29, 0.717) is 12.8 Å². The van der Waals surface area contributed by atoms with Gasteiger partial charge in [0.05, 0.1) is 25.3 Å². The molecule has 0 aliphatic heterocycles. The van der Waals surface area contributed by atoms with Gasteiger partial charge in [-0.25, -0.2) is 0 Å². The van der Waals surface area contributed by atoms with E-state index < -0.39 is 23.4 Å². The minimum atomic E-state index is -1.16. The summed E-state index contributed by atoms with van der Waals surface area (Å²) in [6, 6.07) is -0.882. The summed E-state index contributed by atoms with van der Waals surface area (Å²) >= 11 is 0. The minimum Gasteiger partial charge on any atom is -0.394 e. The van der Waals surface area contributed by atoms with Gasteiger partial charge in [0.2, 0.25) is 11.8 Å². The average molecular weight is 314 g/mol. The molecular formula is C16H30N2O4. The second-order valence-electron chi connectivity index (χ2n) is 7.00. The van der Waals surface area contributed by atoms with E-state index in [-0.39, 0.29) is 31.0 Å². The standard InChI is InChI=1S/C16H30N2O4/c1-10(2)12(8-19)18(13(9-20)11(3)4)15(22)16(14(17)21)6-5-7-16/h10-13,19-20H,5-9H2,1-4H3,(H2,17,21)/t12-,13-/m0/s1. The van der Waals surface area contributed by atoms with Gasteiger partial charge in [0.1, 0.15) is 5.41 Å². The van der Waals surface area contributed by atoms with Crippen LogP contribution in [0.4, 0.5) is 0 Å². The van der Waals surface area contributed by atoms with Crippen molar-refractivity contribution < 1.29 is 19.8 Å². The zero-order chi connectivity index (χ0) is 17.1. The maximum absolute atomic E-state index is 13.1.